The fraction of sp³-hybridized carbons (Fsp3) is 0. The summed E-state index contributed by atoms with van der Waals surface area (Å²) >= 11 is 5.97. The molecule has 8 heteroatoms. The highest BCUT2D eigenvalue weighted by Crippen LogP contribution is 2.28. The van der Waals surface area contributed by atoms with E-state index in [2.05, 4.69) is 30.9 Å². The highest BCUT2D eigenvalue weighted by Gasteiger charge is 2.05. The molecule has 0 spiro atoms. The average molecular weight is 305 g/mol. The molecule has 2 rings (SSSR count). The van der Waals surface area contributed by atoms with E-state index in [1.165, 1.54) is 29.2 Å². The Kier molecular flexibility index (Phi) is 3.08. The third kappa shape index (κ3) is 2.80. The lowest BCUT2D eigenvalue weighted by atomic mass is 10.6. The standard InChI is InChI=1S/C7H5BrN4OS2/c8-3-2-14-7(10-3)15-6-11-4(9)1-5(13)12-6/h1-2H,(H3,9,11,12,13). The molecule has 0 saturated carbocycles. The van der Waals surface area contributed by atoms with Crippen molar-refractivity contribution in [2.45, 2.75) is 9.50 Å². The average Bonchev–Trinajstić information content (AvgIpc) is 2.49. The highest BCUT2D eigenvalue weighted by molar-refractivity contribution is 9.10. The van der Waals surface area contributed by atoms with Crippen molar-refractivity contribution < 1.29 is 0 Å². The van der Waals surface area contributed by atoms with E-state index in [1.807, 2.05) is 5.38 Å². The fourth-order valence-electron chi connectivity index (χ4n) is 0.870. The lowest BCUT2D eigenvalue weighted by Gasteiger charge is -1.97. The largest absolute Gasteiger partial charge is 0.383 e. The van der Waals surface area contributed by atoms with Crippen LogP contribution in [0, 0.1) is 0 Å². The van der Waals surface area contributed by atoms with Gasteiger partial charge in [-0.25, -0.2) is 9.97 Å². The molecule has 3 N–H and O–H groups in total. The molecule has 0 aliphatic heterocycles. The lowest BCUT2D eigenvalue weighted by Crippen LogP contribution is -2.09. The summed E-state index contributed by atoms with van der Waals surface area (Å²) in [6.07, 6.45) is 0. The smallest absolute Gasteiger partial charge is 0.253 e. The minimum atomic E-state index is -0.263. The van der Waals surface area contributed by atoms with Gasteiger partial charge in [0.25, 0.3) is 5.56 Å². The maximum absolute atomic E-state index is 11.1. The SMILES string of the molecule is Nc1cc(=O)[nH]c(Sc2nc(Br)cs2)n1. The van der Waals surface area contributed by atoms with Crippen LogP contribution in [0.15, 0.2) is 30.3 Å². The Hall–Kier alpha value is -0.860. The number of nitrogens with one attached hydrogen (secondary N) is 1. The van der Waals surface area contributed by atoms with E-state index in [0.717, 1.165) is 8.94 Å². The lowest BCUT2D eigenvalue weighted by molar-refractivity contribution is 0.943. The summed E-state index contributed by atoms with van der Waals surface area (Å²) in [5.41, 5.74) is 5.18. The predicted molar refractivity (Wildman–Crippen MR) is 63.2 cm³/mol. The molecule has 0 fully saturated rings. The molecule has 0 aromatic carbocycles. The molecule has 0 aliphatic carbocycles. The van der Waals surface area contributed by atoms with Gasteiger partial charge in [0.2, 0.25) is 0 Å². The summed E-state index contributed by atoms with van der Waals surface area (Å²) in [4.78, 5) is 21.8. The second kappa shape index (κ2) is 4.33. The molecule has 0 bridgehead atoms. The first-order valence-electron chi connectivity index (χ1n) is 3.79. The Morgan fingerprint density at radius 2 is 2.33 bits per heavy atom. The van der Waals surface area contributed by atoms with Gasteiger partial charge in [0.1, 0.15) is 10.4 Å². The first-order valence-corrected chi connectivity index (χ1v) is 6.28. The second-order valence-corrected chi connectivity index (χ2v) is 5.42. The molecular formula is C7H5BrN4OS2. The van der Waals surface area contributed by atoms with Crippen LogP contribution < -0.4 is 11.3 Å². The molecule has 0 aliphatic rings. The van der Waals surface area contributed by atoms with Crippen molar-refractivity contribution in [3.8, 4) is 0 Å². The zero-order valence-electron chi connectivity index (χ0n) is 7.23. The van der Waals surface area contributed by atoms with Crippen LogP contribution in [0.25, 0.3) is 0 Å². The normalized spacial score (nSPS) is 10.5. The molecule has 0 saturated heterocycles. The van der Waals surface area contributed by atoms with Crippen LogP contribution >= 0.6 is 39.0 Å². The Balaban J connectivity index is 2.28. The number of hydrogen-bond donors (Lipinski definition) is 2. The van der Waals surface area contributed by atoms with Crippen molar-refractivity contribution in [1.82, 2.24) is 15.0 Å². The quantitative estimate of drug-likeness (QED) is 0.825. The van der Waals surface area contributed by atoms with Crippen molar-refractivity contribution in [2.24, 2.45) is 0 Å². The maximum Gasteiger partial charge on any atom is 0.253 e. The molecular weight excluding hydrogens is 300 g/mol. The van der Waals surface area contributed by atoms with Gasteiger partial charge in [-0.3, -0.25) is 4.79 Å². The third-order valence-electron chi connectivity index (χ3n) is 1.38. The molecule has 0 atom stereocenters. The number of aromatic nitrogens is 3. The minimum Gasteiger partial charge on any atom is -0.383 e. The van der Waals surface area contributed by atoms with Gasteiger partial charge in [-0.1, -0.05) is 0 Å². The minimum absolute atomic E-state index is 0.205. The number of halogens is 1. The fourth-order valence-corrected chi connectivity index (χ4v) is 3.15. The maximum atomic E-state index is 11.1. The topological polar surface area (TPSA) is 84.7 Å². The Bertz CT molecular complexity index is 538. The van der Waals surface area contributed by atoms with E-state index >= 15 is 0 Å². The van der Waals surface area contributed by atoms with E-state index < -0.39 is 0 Å². The zero-order valence-corrected chi connectivity index (χ0v) is 10.4. The van der Waals surface area contributed by atoms with Crippen LogP contribution in [-0.4, -0.2) is 15.0 Å². The summed E-state index contributed by atoms with van der Waals surface area (Å²) in [7, 11) is 0. The van der Waals surface area contributed by atoms with Gasteiger partial charge < -0.3 is 10.7 Å². The predicted octanol–water partition coefficient (Wildman–Crippen LogP) is 1.72. The zero-order chi connectivity index (χ0) is 10.8. The Labute approximate surface area is 101 Å². The van der Waals surface area contributed by atoms with Crippen LogP contribution in [0.2, 0.25) is 0 Å². The number of H-pyrrole nitrogens is 1. The van der Waals surface area contributed by atoms with Crippen LogP contribution in [-0.2, 0) is 0 Å². The number of hydrogen-bond acceptors (Lipinski definition) is 6. The molecule has 0 radical (unpaired) electrons. The Morgan fingerprint density at radius 3 is 2.93 bits per heavy atom. The van der Waals surface area contributed by atoms with Gasteiger partial charge in [0.15, 0.2) is 9.50 Å². The number of nitrogen functional groups attached to an aromatic ring is 1. The van der Waals surface area contributed by atoms with E-state index in [9.17, 15) is 4.79 Å². The van der Waals surface area contributed by atoms with Gasteiger partial charge in [-0.2, -0.15) is 0 Å². The molecule has 78 valence electrons. The van der Waals surface area contributed by atoms with E-state index in [4.69, 9.17) is 5.73 Å². The number of nitrogens with zero attached hydrogens (tertiary/aromatic N) is 2. The van der Waals surface area contributed by atoms with E-state index in [1.54, 1.807) is 0 Å². The summed E-state index contributed by atoms with van der Waals surface area (Å²) in [5, 5.41) is 2.30. The Morgan fingerprint density at radius 1 is 1.53 bits per heavy atom. The highest BCUT2D eigenvalue weighted by atomic mass is 79.9. The molecule has 2 aromatic rings. The molecule has 15 heavy (non-hydrogen) atoms. The van der Waals surface area contributed by atoms with Crippen molar-refractivity contribution in [2.75, 3.05) is 5.73 Å². The van der Waals surface area contributed by atoms with Gasteiger partial charge in [-0.05, 0) is 27.7 Å². The van der Waals surface area contributed by atoms with Crippen molar-refractivity contribution in [3.05, 3.63) is 26.4 Å². The van der Waals surface area contributed by atoms with Crippen LogP contribution in [0.5, 0.6) is 0 Å². The van der Waals surface area contributed by atoms with Crippen LogP contribution in [0.1, 0.15) is 0 Å². The summed E-state index contributed by atoms with van der Waals surface area (Å²) in [6.45, 7) is 0. The summed E-state index contributed by atoms with van der Waals surface area (Å²) in [5.74, 6) is 0.205. The number of anilines is 1. The summed E-state index contributed by atoms with van der Waals surface area (Å²) < 4.78 is 1.55. The summed E-state index contributed by atoms with van der Waals surface area (Å²) in [6, 6.07) is 1.24. The first kappa shape index (κ1) is 10.7. The second-order valence-electron chi connectivity index (χ2n) is 2.51. The molecule has 2 aromatic heterocycles. The van der Waals surface area contributed by atoms with Gasteiger partial charge in [-0.15, -0.1) is 11.3 Å². The number of nitrogens with two attached hydrogens (primary N) is 1. The van der Waals surface area contributed by atoms with E-state index in [0.29, 0.717) is 5.16 Å². The van der Waals surface area contributed by atoms with Gasteiger partial charge in [0.05, 0.1) is 0 Å². The van der Waals surface area contributed by atoms with Crippen molar-refractivity contribution >= 4 is 44.8 Å². The number of aromatic amines is 1. The van der Waals surface area contributed by atoms with Crippen LogP contribution in [0.4, 0.5) is 5.82 Å². The van der Waals surface area contributed by atoms with Gasteiger partial charge >= 0.3 is 0 Å². The van der Waals surface area contributed by atoms with E-state index in [-0.39, 0.29) is 11.4 Å². The number of rotatable bonds is 2. The molecule has 2 heterocycles. The molecule has 0 amide bonds. The molecule has 0 unspecified atom stereocenters. The van der Waals surface area contributed by atoms with Gasteiger partial charge in [0, 0.05) is 11.4 Å². The van der Waals surface area contributed by atoms with Crippen molar-refractivity contribution in [3.63, 3.8) is 0 Å². The van der Waals surface area contributed by atoms with Crippen molar-refractivity contribution in [1.29, 1.82) is 0 Å². The van der Waals surface area contributed by atoms with Crippen LogP contribution in [0.3, 0.4) is 0 Å². The monoisotopic (exact) mass is 304 g/mol. The first-order chi connectivity index (χ1) is 7.13. The third-order valence-corrected chi connectivity index (χ3v) is 3.91. The molecule has 5 nitrogen and oxygen atoms in total. The number of thiazole rings is 1.